The molecule has 0 aliphatic heterocycles. The molecule has 2 aromatic rings. The first kappa shape index (κ1) is 14.0. The van der Waals surface area contributed by atoms with Crippen molar-refractivity contribution in [3.63, 3.8) is 0 Å². The molecule has 0 saturated heterocycles. The van der Waals surface area contributed by atoms with Crippen molar-refractivity contribution in [3.05, 3.63) is 41.6 Å². The van der Waals surface area contributed by atoms with Crippen LogP contribution in [-0.2, 0) is 11.3 Å². The first-order valence-corrected chi connectivity index (χ1v) is 7.41. The van der Waals surface area contributed by atoms with E-state index >= 15 is 0 Å². The third-order valence-corrected chi connectivity index (χ3v) is 4.07. The maximum Gasteiger partial charge on any atom is 0.317 e. The fourth-order valence-electron chi connectivity index (χ4n) is 2.77. The smallest absolute Gasteiger partial charge is 0.317 e. The van der Waals surface area contributed by atoms with E-state index in [1.54, 1.807) is 6.20 Å². The van der Waals surface area contributed by atoms with Crippen molar-refractivity contribution in [3.8, 4) is 0 Å². The number of carboxylic acid groups (broad SMARTS) is 1. The molecule has 1 saturated carbocycles. The van der Waals surface area contributed by atoms with Gasteiger partial charge in [-0.1, -0.05) is 18.2 Å². The highest BCUT2D eigenvalue weighted by Gasteiger charge is 2.26. The Morgan fingerprint density at radius 1 is 1.38 bits per heavy atom. The fraction of sp³-hybridized carbons (Fsp3) is 0.412. The van der Waals surface area contributed by atoms with E-state index in [9.17, 15) is 4.79 Å². The number of aryl methyl sites for hydroxylation is 1. The number of pyridine rings is 1. The van der Waals surface area contributed by atoms with E-state index < -0.39 is 5.97 Å². The van der Waals surface area contributed by atoms with Crippen LogP contribution in [0.25, 0.3) is 10.9 Å². The number of nitrogens with zero attached hydrogens (tertiary/aromatic N) is 2. The number of carbonyl (C=O) groups is 1. The zero-order valence-electron chi connectivity index (χ0n) is 12.2. The monoisotopic (exact) mass is 284 g/mol. The molecule has 1 aromatic heterocycles. The Labute approximate surface area is 124 Å². The van der Waals surface area contributed by atoms with Gasteiger partial charge in [0, 0.05) is 24.7 Å². The van der Waals surface area contributed by atoms with Gasteiger partial charge in [0.25, 0.3) is 0 Å². The van der Waals surface area contributed by atoms with Crippen molar-refractivity contribution in [1.29, 1.82) is 0 Å². The van der Waals surface area contributed by atoms with Gasteiger partial charge in [0.05, 0.1) is 12.1 Å². The van der Waals surface area contributed by atoms with Crippen molar-refractivity contribution in [2.24, 2.45) is 5.92 Å². The minimum Gasteiger partial charge on any atom is -0.480 e. The minimum absolute atomic E-state index is 0.0964. The van der Waals surface area contributed by atoms with Crippen molar-refractivity contribution < 1.29 is 9.90 Å². The second-order valence-corrected chi connectivity index (χ2v) is 5.94. The molecule has 0 unspecified atom stereocenters. The number of rotatable bonds is 6. The molecule has 1 aliphatic rings. The van der Waals surface area contributed by atoms with Gasteiger partial charge in [-0.3, -0.25) is 14.7 Å². The average molecular weight is 284 g/mol. The summed E-state index contributed by atoms with van der Waals surface area (Å²) in [6.07, 6.45) is 4.25. The molecule has 1 heterocycles. The van der Waals surface area contributed by atoms with Gasteiger partial charge in [-0.15, -0.1) is 0 Å². The Balaban J connectivity index is 1.90. The number of hydrogen-bond acceptors (Lipinski definition) is 3. The lowest BCUT2D eigenvalue weighted by molar-refractivity contribution is -0.138. The van der Waals surface area contributed by atoms with E-state index in [2.05, 4.69) is 24.0 Å². The van der Waals surface area contributed by atoms with Gasteiger partial charge >= 0.3 is 5.97 Å². The Morgan fingerprint density at radius 3 is 2.90 bits per heavy atom. The Bertz CT molecular complexity index is 665. The molecule has 0 amide bonds. The van der Waals surface area contributed by atoms with Gasteiger partial charge in [-0.25, -0.2) is 0 Å². The molecule has 4 heteroatoms. The number of carboxylic acids is 1. The van der Waals surface area contributed by atoms with Crippen LogP contribution in [0.5, 0.6) is 0 Å². The summed E-state index contributed by atoms with van der Waals surface area (Å²) in [5.41, 5.74) is 3.31. The van der Waals surface area contributed by atoms with Crippen molar-refractivity contribution in [2.45, 2.75) is 26.3 Å². The predicted molar refractivity (Wildman–Crippen MR) is 82.1 cm³/mol. The summed E-state index contributed by atoms with van der Waals surface area (Å²) >= 11 is 0. The van der Waals surface area contributed by atoms with Gasteiger partial charge in [0.15, 0.2) is 0 Å². The molecular formula is C17H20N2O2. The summed E-state index contributed by atoms with van der Waals surface area (Å²) in [4.78, 5) is 17.6. The molecule has 1 fully saturated rings. The SMILES string of the molecule is Cc1ccc2cccnc2c1CN(CC(=O)O)CC1CC1. The first-order chi connectivity index (χ1) is 10.1. The number of hydrogen-bond donors (Lipinski definition) is 1. The van der Waals surface area contributed by atoms with Crippen LogP contribution in [-0.4, -0.2) is 34.0 Å². The van der Waals surface area contributed by atoms with Crippen LogP contribution in [0.2, 0.25) is 0 Å². The zero-order chi connectivity index (χ0) is 14.8. The highest BCUT2D eigenvalue weighted by molar-refractivity contribution is 5.82. The maximum atomic E-state index is 11.1. The van der Waals surface area contributed by atoms with Gasteiger partial charge in [0.2, 0.25) is 0 Å². The third-order valence-electron chi connectivity index (χ3n) is 4.07. The summed E-state index contributed by atoms with van der Waals surface area (Å²) in [7, 11) is 0. The van der Waals surface area contributed by atoms with Crippen molar-refractivity contribution >= 4 is 16.9 Å². The number of benzene rings is 1. The Kier molecular flexibility index (Phi) is 3.88. The normalized spacial score (nSPS) is 14.8. The van der Waals surface area contributed by atoms with E-state index in [0.29, 0.717) is 12.5 Å². The number of aliphatic carboxylic acids is 1. The lowest BCUT2D eigenvalue weighted by Crippen LogP contribution is -2.31. The molecule has 0 radical (unpaired) electrons. The first-order valence-electron chi connectivity index (χ1n) is 7.41. The van der Waals surface area contributed by atoms with E-state index in [0.717, 1.165) is 23.0 Å². The fourth-order valence-corrected chi connectivity index (χ4v) is 2.77. The van der Waals surface area contributed by atoms with Crippen LogP contribution in [0.4, 0.5) is 0 Å². The highest BCUT2D eigenvalue weighted by Crippen LogP contribution is 2.31. The van der Waals surface area contributed by atoms with Gasteiger partial charge < -0.3 is 5.11 Å². The molecule has 4 nitrogen and oxygen atoms in total. The minimum atomic E-state index is -0.763. The topological polar surface area (TPSA) is 53.4 Å². The van der Waals surface area contributed by atoms with Gasteiger partial charge in [-0.2, -0.15) is 0 Å². The lowest BCUT2D eigenvalue weighted by atomic mass is 10.0. The number of aromatic nitrogens is 1. The Hall–Kier alpha value is -1.94. The quantitative estimate of drug-likeness (QED) is 0.886. The van der Waals surface area contributed by atoms with Crippen molar-refractivity contribution in [1.82, 2.24) is 9.88 Å². The van der Waals surface area contributed by atoms with E-state index in [1.807, 2.05) is 17.0 Å². The maximum absolute atomic E-state index is 11.1. The summed E-state index contributed by atoms with van der Waals surface area (Å²) in [6.45, 7) is 3.69. The van der Waals surface area contributed by atoms with E-state index in [-0.39, 0.29) is 6.54 Å². The largest absolute Gasteiger partial charge is 0.480 e. The molecule has 1 N–H and O–H groups in total. The standard InChI is InChI=1S/C17H20N2O2/c1-12-4-7-14-3-2-8-18-17(14)15(12)10-19(11-16(20)21)9-13-5-6-13/h2-4,7-8,13H,5-6,9-11H2,1H3,(H,20,21). The molecular weight excluding hydrogens is 264 g/mol. The zero-order valence-corrected chi connectivity index (χ0v) is 12.2. The second-order valence-electron chi connectivity index (χ2n) is 5.94. The summed E-state index contributed by atoms with van der Waals surface area (Å²) in [5, 5.41) is 10.2. The molecule has 3 rings (SSSR count). The Morgan fingerprint density at radius 2 is 2.19 bits per heavy atom. The van der Waals surface area contributed by atoms with Crippen LogP contribution in [0.15, 0.2) is 30.5 Å². The van der Waals surface area contributed by atoms with Crippen LogP contribution in [0, 0.1) is 12.8 Å². The molecule has 21 heavy (non-hydrogen) atoms. The molecule has 0 atom stereocenters. The van der Waals surface area contributed by atoms with Crippen molar-refractivity contribution in [2.75, 3.05) is 13.1 Å². The molecule has 0 spiro atoms. The summed E-state index contributed by atoms with van der Waals surface area (Å²) in [5.74, 6) is -0.0888. The van der Waals surface area contributed by atoms with Crippen LogP contribution in [0.1, 0.15) is 24.0 Å². The molecule has 110 valence electrons. The third kappa shape index (κ3) is 3.39. The van der Waals surface area contributed by atoms with E-state index in [4.69, 9.17) is 5.11 Å². The van der Waals surface area contributed by atoms with Gasteiger partial charge in [0.1, 0.15) is 0 Å². The molecule has 1 aromatic carbocycles. The summed E-state index contributed by atoms with van der Waals surface area (Å²) in [6, 6.07) is 8.15. The average Bonchev–Trinajstić information content (AvgIpc) is 3.25. The van der Waals surface area contributed by atoms with Gasteiger partial charge in [-0.05, 0) is 42.9 Å². The highest BCUT2D eigenvalue weighted by atomic mass is 16.4. The van der Waals surface area contributed by atoms with Crippen LogP contribution >= 0.6 is 0 Å². The predicted octanol–water partition coefficient (Wildman–Crippen LogP) is 2.84. The molecule has 0 bridgehead atoms. The van der Waals surface area contributed by atoms with Crippen LogP contribution < -0.4 is 0 Å². The van der Waals surface area contributed by atoms with Crippen LogP contribution in [0.3, 0.4) is 0 Å². The second kappa shape index (κ2) is 5.82. The van der Waals surface area contributed by atoms with E-state index in [1.165, 1.54) is 18.4 Å². The number of fused-ring (bicyclic) bond motifs is 1. The lowest BCUT2D eigenvalue weighted by Gasteiger charge is -2.22. The molecule has 1 aliphatic carbocycles. The summed E-state index contributed by atoms with van der Waals surface area (Å²) < 4.78 is 0.